The normalized spacial score (nSPS) is 18.1. The van der Waals surface area contributed by atoms with Gasteiger partial charge in [-0.1, -0.05) is 208 Å². The topological polar surface area (TPSA) is 81.7 Å². The predicted molar refractivity (Wildman–Crippen MR) is 432 cm³/mol. The number of rotatable bonds is 5. The van der Waals surface area contributed by atoms with Gasteiger partial charge in [0, 0.05) is 52.5 Å². The van der Waals surface area contributed by atoms with Gasteiger partial charge in [-0.3, -0.25) is 0 Å². The standard InChI is InChI=1S/C37H33BO2S.C28H25BO3.C26H23BO3/c1-35(2)30-19-23(24-12-16-29-33(20-24)41-32-18-13-22-9-7-8-10-26(22)34(29)32)11-15-27(30)28-17-14-25(21-31(28)35)38-39-36(3,4)37(5,6)40-38;1-27(2)28(3,4)32-29(31-27)21-10-7-9-19(16-21)20-12-14-23-25(17-20)30-24-15-13-18-8-5-6-11-22(18)26(23)24;1-25(2)26(3,4)30-27(29-25)16-13-14-21-22(15-16)28-24-20-12-8-6-10-18(20)17-9-5-7-11-19(17)23(21)24/h7-21H,1-6H3;5-17H,1-4H3;5-15H,1-4H3. The molecule has 0 spiro atoms. The van der Waals surface area contributed by atoms with Gasteiger partial charge in [-0.2, -0.15) is 0 Å². The number of fused-ring (bicyclic) bond motifs is 21. The van der Waals surface area contributed by atoms with Crippen molar-refractivity contribution in [2.75, 3.05) is 0 Å². The van der Waals surface area contributed by atoms with Crippen LogP contribution < -0.4 is 16.4 Å². The third-order valence-corrected chi connectivity index (χ3v) is 25.0. The van der Waals surface area contributed by atoms with Crippen LogP contribution in [0.2, 0.25) is 0 Å². The van der Waals surface area contributed by atoms with Crippen LogP contribution in [0.4, 0.5) is 0 Å². The van der Waals surface area contributed by atoms with E-state index in [1.54, 1.807) is 0 Å². The maximum atomic E-state index is 6.47. The molecule has 6 heterocycles. The zero-order valence-electron chi connectivity index (χ0n) is 60.9. The Labute approximate surface area is 606 Å². The highest BCUT2D eigenvalue weighted by atomic mass is 32.1. The molecule has 0 radical (unpaired) electrons. The number of hydrogen-bond donors (Lipinski definition) is 0. The van der Waals surface area contributed by atoms with Gasteiger partial charge in [0.1, 0.15) is 22.3 Å². The minimum Gasteiger partial charge on any atom is -0.456 e. The van der Waals surface area contributed by atoms with Crippen LogP contribution in [0.15, 0.2) is 245 Å². The molecule has 20 rings (SSSR count). The highest BCUT2D eigenvalue weighted by Gasteiger charge is 2.54. The van der Waals surface area contributed by atoms with Crippen molar-refractivity contribution in [3.8, 4) is 33.4 Å². The van der Waals surface area contributed by atoms with E-state index in [0.717, 1.165) is 66.0 Å². The zero-order valence-corrected chi connectivity index (χ0v) is 61.7. The van der Waals surface area contributed by atoms with Crippen LogP contribution in [0.1, 0.15) is 108 Å². The molecule has 8 nitrogen and oxygen atoms in total. The van der Waals surface area contributed by atoms with Crippen LogP contribution in [-0.2, 0) is 33.3 Å². The van der Waals surface area contributed by atoms with Crippen molar-refractivity contribution in [2.24, 2.45) is 0 Å². The van der Waals surface area contributed by atoms with Gasteiger partial charge in [-0.05, 0) is 224 Å². The summed E-state index contributed by atoms with van der Waals surface area (Å²) in [4.78, 5) is 0. The van der Waals surface area contributed by atoms with E-state index in [2.05, 4.69) is 334 Å². The molecule has 3 fully saturated rings. The summed E-state index contributed by atoms with van der Waals surface area (Å²) in [5, 5.41) is 17.2. The van der Waals surface area contributed by atoms with Gasteiger partial charge >= 0.3 is 21.4 Å². The van der Waals surface area contributed by atoms with Gasteiger partial charge < -0.3 is 36.8 Å². The summed E-state index contributed by atoms with van der Waals surface area (Å²) in [6.45, 7) is 29.7. The van der Waals surface area contributed by atoms with E-state index >= 15 is 0 Å². The molecule has 12 heteroatoms. The number of hydrogen-bond acceptors (Lipinski definition) is 9. The molecule has 3 aromatic heterocycles. The van der Waals surface area contributed by atoms with Crippen molar-refractivity contribution in [1.29, 1.82) is 0 Å². The largest absolute Gasteiger partial charge is 0.494 e. The summed E-state index contributed by atoms with van der Waals surface area (Å²) in [7, 11) is -1.13. The molecule has 3 aliphatic heterocycles. The molecule has 0 unspecified atom stereocenters. The number of benzene rings is 13. The van der Waals surface area contributed by atoms with Gasteiger partial charge in [0.25, 0.3) is 0 Å². The van der Waals surface area contributed by atoms with Crippen molar-refractivity contribution in [2.45, 2.75) is 136 Å². The van der Waals surface area contributed by atoms with Gasteiger partial charge in [0.2, 0.25) is 0 Å². The first-order valence-electron chi connectivity index (χ1n) is 36.1. The molecule has 0 bridgehead atoms. The van der Waals surface area contributed by atoms with Gasteiger partial charge in [-0.25, -0.2) is 0 Å². The van der Waals surface area contributed by atoms with Gasteiger partial charge in [0.05, 0.1) is 33.6 Å². The molecule has 103 heavy (non-hydrogen) atoms. The Balaban J connectivity index is 0.000000112. The van der Waals surface area contributed by atoms with Gasteiger partial charge in [-0.15, -0.1) is 11.3 Å². The lowest BCUT2D eigenvalue weighted by Crippen LogP contribution is -2.41. The Morgan fingerprint density at radius 3 is 1.33 bits per heavy atom. The molecular formula is C91H81B3O8S. The fourth-order valence-corrected chi connectivity index (χ4v) is 17.1. The predicted octanol–water partition coefficient (Wildman–Crippen LogP) is 22.4. The van der Waals surface area contributed by atoms with Crippen molar-refractivity contribution in [3.05, 3.63) is 248 Å². The molecule has 0 saturated carbocycles. The molecule has 0 N–H and O–H groups in total. The van der Waals surface area contributed by atoms with E-state index in [9.17, 15) is 0 Å². The van der Waals surface area contributed by atoms with Crippen molar-refractivity contribution >= 4 is 156 Å². The second kappa shape index (κ2) is 23.3. The van der Waals surface area contributed by atoms with E-state index in [1.165, 1.54) is 102 Å². The Bertz CT molecular complexity index is 6140. The quantitative estimate of drug-likeness (QED) is 0.125. The molecule has 508 valence electrons. The minimum absolute atomic E-state index is 0.124. The molecule has 13 aromatic carbocycles. The average Bonchev–Trinajstić information content (AvgIpc) is 1.61. The summed E-state index contributed by atoms with van der Waals surface area (Å²) in [6, 6.07) is 84.8. The summed E-state index contributed by atoms with van der Waals surface area (Å²) < 4.78 is 53.2. The second-order valence-corrected chi connectivity index (χ2v) is 33.3. The molecule has 0 amide bonds. The zero-order chi connectivity index (χ0) is 71.1. The van der Waals surface area contributed by atoms with Crippen molar-refractivity contribution < 1.29 is 36.8 Å². The van der Waals surface area contributed by atoms with Crippen molar-refractivity contribution in [1.82, 2.24) is 0 Å². The summed E-state index contributed by atoms with van der Waals surface area (Å²) in [5.41, 5.74) is 14.5. The van der Waals surface area contributed by atoms with Crippen LogP contribution >= 0.6 is 11.3 Å². The van der Waals surface area contributed by atoms with Crippen LogP contribution in [0, 0.1) is 0 Å². The van der Waals surface area contributed by atoms with E-state index in [0.29, 0.717) is 0 Å². The first-order chi connectivity index (χ1) is 49.2. The SMILES string of the molecule is CC1(C)OB(c2ccc3c(c2)oc2c4ccccc4c4ccccc4c32)OC1(C)C.CC1(C)OB(c2cccc(-c3ccc4c(c3)oc3ccc5ccccc5c34)c2)OC1(C)C.CC1(C)c2cc(B3OC(C)(C)C(C)(C)O3)ccc2-c2ccc(-c3ccc4c(c3)sc3ccc5ccccc5c34)cc21. The monoisotopic (exact) mass is 1370 g/mol. The molecule has 16 aromatic rings. The molecule has 0 atom stereocenters. The van der Waals surface area contributed by atoms with Crippen LogP contribution in [0.25, 0.3) is 141 Å². The van der Waals surface area contributed by atoms with Crippen molar-refractivity contribution in [3.63, 3.8) is 0 Å². The van der Waals surface area contributed by atoms with E-state index in [4.69, 9.17) is 36.8 Å². The minimum atomic E-state index is -0.402. The number of furan rings is 2. The maximum absolute atomic E-state index is 6.47. The van der Waals surface area contributed by atoms with E-state index in [-0.39, 0.29) is 53.3 Å². The van der Waals surface area contributed by atoms with E-state index < -0.39 is 7.12 Å². The lowest BCUT2D eigenvalue weighted by atomic mass is 9.74. The highest BCUT2D eigenvalue weighted by Crippen LogP contribution is 2.51. The summed E-state index contributed by atoms with van der Waals surface area (Å²) in [5.74, 6) is 0. The first kappa shape index (κ1) is 65.7. The lowest BCUT2D eigenvalue weighted by Gasteiger charge is -2.32. The molecule has 4 aliphatic rings. The van der Waals surface area contributed by atoms with Crippen LogP contribution in [-0.4, -0.2) is 55.0 Å². The lowest BCUT2D eigenvalue weighted by molar-refractivity contribution is 0.00578. The first-order valence-corrected chi connectivity index (χ1v) is 36.9. The van der Waals surface area contributed by atoms with Crippen LogP contribution in [0.3, 0.4) is 0 Å². The number of thiophene rings is 1. The third-order valence-electron chi connectivity index (χ3n) is 23.9. The third kappa shape index (κ3) is 10.6. The summed E-state index contributed by atoms with van der Waals surface area (Å²) in [6.07, 6.45) is 0. The Hall–Kier alpha value is -9.33. The average molecular weight is 1370 g/mol. The molecule has 1 aliphatic carbocycles. The smallest absolute Gasteiger partial charge is 0.456 e. The van der Waals surface area contributed by atoms with Gasteiger partial charge in [0.15, 0.2) is 0 Å². The molecule has 3 saturated heterocycles. The Morgan fingerprint density at radius 2 is 0.699 bits per heavy atom. The molecular weight excluding hydrogens is 1290 g/mol. The Morgan fingerprint density at radius 1 is 0.262 bits per heavy atom. The highest BCUT2D eigenvalue weighted by molar-refractivity contribution is 7.26. The Kier molecular flexibility index (Phi) is 14.9. The summed E-state index contributed by atoms with van der Waals surface area (Å²) >= 11 is 1.89. The fourth-order valence-electron chi connectivity index (χ4n) is 15.9. The maximum Gasteiger partial charge on any atom is 0.494 e. The van der Waals surface area contributed by atoms with Crippen LogP contribution in [0.5, 0.6) is 0 Å². The second-order valence-electron chi connectivity index (χ2n) is 32.2. The van der Waals surface area contributed by atoms with E-state index in [1.807, 2.05) is 11.3 Å². The fraction of sp³-hybridized carbons (Fsp3) is 0.231.